The van der Waals surface area contributed by atoms with Crippen LogP contribution in [0.5, 0.6) is 0 Å². The van der Waals surface area contributed by atoms with E-state index in [1.165, 1.54) is 0 Å². The number of aliphatic hydroxyl groups excluding tert-OH is 1. The number of para-hydroxylation sites is 1. The van der Waals surface area contributed by atoms with E-state index >= 15 is 0 Å². The van der Waals surface area contributed by atoms with Crippen LogP contribution in [0.25, 0.3) is 55.5 Å². The molecule has 0 radical (unpaired) electrons. The summed E-state index contributed by atoms with van der Waals surface area (Å²) >= 11 is 0. The Labute approximate surface area is 264 Å². The summed E-state index contributed by atoms with van der Waals surface area (Å²) in [6.07, 6.45) is 0.599. The summed E-state index contributed by atoms with van der Waals surface area (Å²) in [5.74, 6) is 0.878. The van der Waals surface area contributed by atoms with E-state index < -0.39 is 0 Å². The summed E-state index contributed by atoms with van der Waals surface area (Å²) in [5, 5.41) is 12.9. The second-order valence-corrected chi connectivity index (χ2v) is 11.6. The first kappa shape index (κ1) is 28.3. The zero-order valence-corrected chi connectivity index (χ0v) is 25.4. The number of aromatic amines is 4. The molecule has 13 heteroatoms. The van der Waals surface area contributed by atoms with Gasteiger partial charge in [-0.05, 0) is 72.6 Å². The Kier molecular flexibility index (Phi) is 6.44. The fourth-order valence-electron chi connectivity index (χ4n) is 6.49. The Morgan fingerprint density at radius 3 is 2.13 bits per heavy atom. The molecule has 4 aromatic heterocycles. The standard InChI is InChI=1S/C34H29N9O4/c1-17(12-18-6-9-24-28(13-18)42(29(16-44)36-24)19-7-10-22-25(14-19)39-33(46)37-22)31-41-30-21(32(45)35-2)4-3-5-27(30)43(31)20-8-11-23-26(15-20)40-34(47)38-23/h3-11,13-15,17,44H,12,16H2,1-2H3,(H,35,45)(H2,37,39,46)(H2,38,40,47). The molecule has 8 aromatic rings. The van der Waals surface area contributed by atoms with Gasteiger partial charge in [0.1, 0.15) is 23.8 Å². The summed E-state index contributed by atoms with van der Waals surface area (Å²) in [5.41, 5.74) is 8.04. The van der Waals surface area contributed by atoms with Crippen LogP contribution in [0.2, 0.25) is 0 Å². The maximum absolute atomic E-state index is 12.8. The largest absolute Gasteiger partial charge is 0.388 e. The number of imidazole rings is 4. The molecule has 0 aliphatic carbocycles. The first-order chi connectivity index (χ1) is 22.8. The number of H-pyrrole nitrogens is 4. The number of nitrogens with one attached hydrogen (secondary N) is 5. The lowest BCUT2D eigenvalue weighted by Crippen LogP contribution is -2.18. The van der Waals surface area contributed by atoms with Crippen molar-refractivity contribution < 1.29 is 9.90 Å². The molecule has 8 rings (SSSR count). The van der Waals surface area contributed by atoms with E-state index in [1.54, 1.807) is 13.1 Å². The number of nitrogens with zero attached hydrogens (tertiary/aromatic N) is 4. The van der Waals surface area contributed by atoms with Gasteiger partial charge in [-0.1, -0.05) is 19.1 Å². The van der Waals surface area contributed by atoms with Gasteiger partial charge in [0, 0.05) is 24.3 Å². The predicted molar refractivity (Wildman–Crippen MR) is 179 cm³/mol. The molecule has 0 fully saturated rings. The minimum atomic E-state index is -0.291. The number of amides is 1. The molecular weight excluding hydrogens is 598 g/mol. The summed E-state index contributed by atoms with van der Waals surface area (Å²) in [6, 6.07) is 22.8. The van der Waals surface area contributed by atoms with Crippen LogP contribution in [0, 0.1) is 0 Å². The zero-order chi connectivity index (χ0) is 32.4. The van der Waals surface area contributed by atoms with E-state index in [9.17, 15) is 19.5 Å². The van der Waals surface area contributed by atoms with E-state index in [1.807, 2.05) is 69.8 Å². The fourth-order valence-corrected chi connectivity index (χ4v) is 6.49. The topological polar surface area (TPSA) is 182 Å². The van der Waals surface area contributed by atoms with Crippen LogP contribution in [0.15, 0.2) is 82.4 Å². The third-order valence-electron chi connectivity index (χ3n) is 8.61. The Bertz CT molecular complexity index is 2630. The second-order valence-electron chi connectivity index (χ2n) is 11.6. The molecule has 1 atom stereocenters. The normalized spacial score (nSPS) is 12.5. The molecule has 0 spiro atoms. The number of hydrogen-bond acceptors (Lipinski definition) is 6. The highest BCUT2D eigenvalue weighted by Gasteiger charge is 2.23. The monoisotopic (exact) mass is 627 g/mol. The first-order valence-corrected chi connectivity index (χ1v) is 15.1. The fraction of sp³-hybridized carbons (Fsp3) is 0.147. The van der Waals surface area contributed by atoms with Crippen molar-refractivity contribution in [1.29, 1.82) is 0 Å². The number of hydrogen-bond donors (Lipinski definition) is 6. The molecule has 0 saturated heterocycles. The smallest absolute Gasteiger partial charge is 0.323 e. The Balaban J connectivity index is 1.25. The van der Waals surface area contributed by atoms with E-state index in [4.69, 9.17) is 4.98 Å². The molecule has 0 bridgehead atoms. The van der Waals surface area contributed by atoms with Gasteiger partial charge in [-0.2, -0.15) is 0 Å². The lowest BCUT2D eigenvalue weighted by molar-refractivity contribution is 0.0964. The van der Waals surface area contributed by atoms with Gasteiger partial charge in [-0.25, -0.2) is 19.6 Å². The van der Waals surface area contributed by atoms with Crippen molar-refractivity contribution >= 4 is 50.0 Å². The lowest BCUT2D eigenvalue weighted by Gasteiger charge is -2.16. The summed E-state index contributed by atoms with van der Waals surface area (Å²) < 4.78 is 3.93. The number of fused-ring (bicyclic) bond motifs is 4. The van der Waals surface area contributed by atoms with Crippen molar-refractivity contribution in [1.82, 2.24) is 44.4 Å². The van der Waals surface area contributed by atoms with Crippen molar-refractivity contribution in [2.24, 2.45) is 0 Å². The molecule has 0 aliphatic heterocycles. The third kappa shape index (κ3) is 4.63. The summed E-state index contributed by atoms with van der Waals surface area (Å²) in [7, 11) is 1.59. The number of aliphatic hydroxyl groups is 1. The highest BCUT2D eigenvalue weighted by molar-refractivity contribution is 6.05. The van der Waals surface area contributed by atoms with Crippen molar-refractivity contribution in [3.8, 4) is 11.4 Å². The molecule has 234 valence electrons. The molecule has 4 aromatic carbocycles. The van der Waals surface area contributed by atoms with Crippen molar-refractivity contribution in [3.05, 3.63) is 117 Å². The van der Waals surface area contributed by atoms with Crippen LogP contribution >= 0.6 is 0 Å². The van der Waals surface area contributed by atoms with E-state index in [2.05, 4.69) is 43.2 Å². The zero-order valence-electron chi connectivity index (χ0n) is 25.4. The molecule has 6 N–H and O–H groups in total. The average molecular weight is 628 g/mol. The van der Waals surface area contributed by atoms with Gasteiger partial charge in [0.05, 0.1) is 44.2 Å². The van der Waals surface area contributed by atoms with Gasteiger partial charge in [0.25, 0.3) is 5.91 Å². The van der Waals surface area contributed by atoms with Gasteiger partial charge in [-0.15, -0.1) is 0 Å². The van der Waals surface area contributed by atoms with E-state index in [0.717, 1.165) is 39.3 Å². The average Bonchev–Trinajstić information content (AvgIpc) is 3.84. The lowest BCUT2D eigenvalue weighted by atomic mass is 9.99. The van der Waals surface area contributed by atoms with Crippen LogP contribution in [-0.4, -0.2) is 57.1 Å². The number of carbonyl (C=O) groups is 1. The van der Waals surface area contributed by atoms with Crippen LogP contribution in [0.3, 0.4) is 0 Å². The number of benzene rings is 4. The molecule has 1 amide bonds. The van der Waals surface area contributed by atoms with Gasteiger partial charge in [0.2, 0.25) is 0 Å². The Morgan fingerprint density at radius 2 is 1.47 bits per heavy atom. The van der Waals surface area contributed by atoms with Crippen molar-refractivity contribution in [2.45, 2.75) is 25.9 Å². The second kappa shape index (κ2) is 10.7. The Hall–Kier alpha value is -6.21. The Morgan fingerprint density at radius 1 is 0.809 bits per heavy atom. The number of carbonyl (C=O) groups excluding carboxylic acids is 1. The van der Waals surface area contributed by atoms with Crippen LogP contribution in [0.4, 0.5) is 0 Å². The maximum atomic E-state index is 12.8. The summed E-state index contributed by atoms with van der Waals surface area (Å²) in [4.78, 5) is 57.6. The molecule has 1 unspecified atom stereocenters. The van der Waals surface area contributed by atoms with Gasteiger partial charge >= 0.3 is 11.4 Å². The van der Waals surface area contributed by atoms with Crippen molar-refractivity contribution in [3.63, 3.8) is 0 Å². The number of rotatable bonds is 7. The van der Waals surface area contributed by atoms with Crippen molar-refractivity contribution in [2.75, 3.05) is 7.05 Å². The summed E-state index contributed by atoms with van der Waals surface area (Å²) in [6.45, 7) is 1.82. The van der Waals surface area contributed by atoms with E-state index in [0.29, 0.717) is 45.4 Å². The minimum absolute atomic E-state index is 0.117. The molecule has 4 heterocycles. The van der Waals surface area contributed by atoms with Crippen LogP contribution in [-0.2, 0) is 13.0 Å². The van der Waals surface area contributed by atoms with Crippen LogP contribution < -0.4 is 16.7 Å². The predicted octanol–water partition coefficient (Wildman–Crippen LogP) is 3.90. The molecule has 0 saturated carbocycles. The highest BCUT2D eigenvalue weighted by Crippen LogP contribution is 2.32. The molecule has 0 aliphatic rings. The molecular formula is C34H29N9O4. The first-order valence-electron chi connectivity index (χ1n) is 15.1. The molecule has 47 heavy (non-hydrogen) atoms. The van der Waals surface area contributed by atoms with E-state index in [-0.39, 0.29) is 29.8 Å². The maximum Gasteiger partial charge on any atom is 0.323 e. The quantitative estimate of drug-likeness (QED) is 0.156. The SMILES string of the molecule is CNC(=O)c1cccc2c1nc(C(C)Cc1ccc3nc(CO)n(-c4ccc5[nH]c(=O)[nH]c5c4)c3c1)n2-c1ccc2[nH]c(=O)[nH]c2c1. The van der Waals surface area contributed by atoms with Crippen LogP contribution in [0.1, 0.15) is 40.4 Å². The number of aromatic nitrogens is 8. The third-order valence-corrected chi connectivity index (χ3v) is 8.61. The highest BCUT2D eigenvalue weighted by atomic mass is 16.3. The molecule has 13 nitrogen and oxygen atoms in total. The minimum Gasteiger partial charge on any atom is -0.388 e. The van der Waals surface area contributed by atoms with Gasteiger partial charge in [-0.3, -0.25) is 13.9 Å². The van der Waals surface area contributed by atoms with Gasteiger partial charge < -0.3 is 30.4 Å². The van der Waals surface area contributed by atoms with Gasteiger partial charge in [0.15, 0.2) is 0 Å².